The summed E-state index contributed by atoms with van der Waals surface area (Å²) in [5.41, 5.74) is 0. The lowest BCUT2D eigenvalue weighted by molar-refractivity contribution is 0.365. The molecule has 1 N–H and O–H groups in total. The zero-order chi connectivity index (χ0) is 14.6. The topological polar surface area (TPSA) is 49.4 Å². The molecule has 7 heteroatoms. The van der Waals surface area contributed by atoms with Crippen LogP contribution in [0.2, 0.25) is 0 Å². The van der Waals surface area contributed by atoms with Gasteiger partial charge in [0, 0.05) is 19.1 Å². The third-order valence-corrected chi connectivity index (χ3v) is 7.45. The van der Waals surface area contributed by atoms with Crippen molar-refractivity contribution in [1.82, 2.24) is 9.62 Å². The Morgan fingerprint density at radius 2 is 2.30 bits per heavy atom. The first-order chi connectivity index (χ1) is 9.54. The van der Waals surface area contributed by atoms with Gasteiger partial charge in [0.2, 0.25) is 0 Å². The fourth-order valence-electron chi connectivity index (χ4n) is 2.37. The minimum absolute atomic E-state index is 0.296. The smallest absolute Gasteiger partial charge is 0.252 e. The zero-order valence-electron chi connectivity index (χ0n) is 11.6. The second kappa shape index (κ2) is 7.35. The van der Waals surface area contributed by atoms with Gasteiger partial charge in [0.1, 0.15) is 4.21 Å². The first-order valence-corrected chi connectivity index (χ1v) is 10.1. The summed E-state index contributed by atoms with van der Waals surface area (Å²) in [6.07, 6.45) is 4.10. The van der Waals surface area contributed by atoms with Gasteiger partial charge < -0.3 is 5.32 Å². The van der Waals surface area contributed by atoms with Crippen molar-refractivity contribution >= 4 is 37.3 Å². The second-order valence-electron chi connectivity index (χ2n) is 5.07. The highest BCUT2D eigenvalue weighted by Gasteiger charge is 2.29. The van der Waals surface area contributed by atoms with Gasteiger partial charge in [0.15, 0.2) is 0 Å². The molecule has 0 bridgehead atoms. The van der Waals surface area contributed by atoms with Crippen LogP contribution in [0.15, 0.2) is 20.1 Å². The maximum atomic E-state index is 12.7. The molecular formula is C13H21BrN2O2S2. The Bertz CT molecular complexity index is 524. The van der Waals surface area contributed by atoms with Crippen LogP contribution < -0.4 is 5.32 Å². The van der Waals surface area contributed by atoms with E-state index in [1.165, 1.54) is 11.3 Å². The third kappa shape index (κ3) is 4.04. The number of nitrogens with one attached hydrogen (secondary N) is 1. The second-order valence-corrected chi connectivity index (χ2v) is 9.70. The van der Waals surface area contributed by atoms with Crippen molar-refractivity contribution in [3.05, 3.63) is 15.9 Å². The van der Waals surface area contributed by atoms with Gasteiger partial charge in [0.05, 0.1) is 3.79 Å². The number of hydrogen-bond acceptors (Lipinski definition) is 4. The molecule has 20 heavy (non-hydrogen) atoms. The lowest BCUT2D eigenvalue weighted by Crippen LogP contribution is -2.41. The van der Waals surface area contributed by atoms with Crippen molar-refractivity contribution in [3.8, 4) is 0 Å². The van der Waals surface area contributed by atoms with E-state index >= 15 is 0 Å². The highest BCUT2D eigenvalue weighted by molar-refractivity contribution is 9.11. The first-order valence-electron chi connectivity index (χ1n) is 7.03. The molecule has 0 aromatic carbocycles. The molecule has 0 radical (unpaired) electrons. The molecular weight excluding hydrogens is 360 g/mol. The van der Waals surface area contributed by atoms with Crippen molar-refractivity contribution in [2.24, 2.45) is 0 Å². The molecule has 1 fully saturated rings. The largest absolute Gasteiger partial charge is 0.313 e. The van der Waals surface area contributed by atoms with E-state index in [4.69, 9.17) is 0 Å². The summed E-state index contributed by atoms with van der Waals surface area (Å²) in [5, 5.41) is 3.38. The summed E-state index contributed by atoms with van der Waals surface area (Å²) in [5.74, 6) is 0. The Morgan fingerprint density at radius 3 is 2.85 bits per heavy atom. The molecule has 1 unspecified atom stereocenters. The summed E-state index contributed by atoms with van der Waals surface area (Å²) in [6, 6.07) is 3.78. The van der Waals surface area contributed by atoms with Crippen LogP contribution in [-0.2, 0) is 10.0 Å². The molecule has 1 aromatic heterocycles. The van der Waals surface area contributed by atoms with E-state index in [1.54, 1.807) is 16.4 Å². The molecule has 1 aliphatic heterocycles. The quantitative estimate of drug-likeness (QED) is 0.790. The van der Waals surface area contributed by atoms with E-state index in [1.807, 2.05) is 0 Å². The third-order valence-electron chi connectivity index (χ3n) is 3.49. The summed E-state index contributed by atoms with van der Waals surface area (Å²) in [7, 11) is -3.36. The number of nitrogens with zero attached hydrogens (tertiary/aromatic N) is 1. The van der Waals surface area contributed by atoms with Crippen LogP contribution in [0.5, 0.6) is 0 Å². The van der Waals surface area contributed by atoms with Crippen LogP contribution in [0.1, 0.15) is 32.6 Å². The van der Waals surface area contributed by atoms with E-state index in [9.17, 15) is 8.42 Å². The Balaban J connectivity index is 2.15. The molecule has 0 saturated carbocycles. The van der Waals surface area contributed by atoms with Crippen molar-refractivity contribution in [2.75, 3.05) is 19.6 Å². The normalized spacial score (nSPS) is 19.9. The van der Waals surface area contributed by atoms with Gasteiger partial charge in [-0.15, -0.1) is 11.3 Å². The van der Waals surface area contributed by atoms with Gasteiger partial charge in [-0.25, -0.2) is 8.42 Å². The molecule has 0 spiro atoms. The van der Waals surface area contributed by atoms with Crippen LogP contribution in [0.25, 0.3) is 0 Å². The Morgan fingerprint density at radius 1 is 1.50 bits per heavy atom. The maximum Gasteiger partial charge on any atom is 0.252 e. The van der Waals surface area contributed by atoms with Gasteiger partial charge in [-0.05, 0) is 53.9 Å². The summed E-state index contributed by atoms with van der Waals surface area (Å²) in [6.45, 7) is 4.27. The molecule has 0 aliphatic carbocycles. The monoisotopic (exact) mass is 380 g/mol. The number of rotatable bonds is 7. The molecule has 2 rings (SSSR count). The molecule has 1 aromatic rings. The van der Waals surface area contributed by atoms with E-state index < -0.39 is 10.0 Å². The molecule has 1 aliphatic rings. The lowest BCUT2D eigenvalue weighted by Gasteiger charge is -2.24. The number of halogens is 1. The number of thiophene rings is 1. The predicted octanol–water partition coefficient (Wildman–Crippen LogP) is 3.05. The zero-order valence-corrected chi connectivity index (χ0v) is 14.9. The van der Waals surface area contributed by atoms with Crippen LogP contribution in [-0.4, -0.2) is 38.4 Å². The van der Waals surface area contributed by atoms with Gasteiger partial charge in [-0.2, -0.15) is 4.31 Å². The number of hydrogen-bond donors (Lipinski definition) is 1. The summed E-state index contributed by atoms with van der Waals surface area (Å²) >= 11 is 4.62. The van der Waals surface area contributed by atoms with Crippen LogP contribution >= 0.6 is 27.3 Å². The Labute approximate surface area is 133 Å². The SMILES string of the molecule is CCCCN(CC1CCCN1)S(=O)(=O)c1ccc(Br)s1. The minimum Gasteiger partial charge on any atom is -0.313 e. The fourth-order valence-corrected chi connectivity index (χ4v) is 6.05. The van der Waals surface area contributed by atoms with E-state index in [2.05, 4.69) is 28.2 Å². The minimum atomic E-state index is -3.36. The Hall–Kier alpha value is 0.0500. The summed E-state index contributed by atoms with van der Waals surface area (Å²) < 4.78 is 28.4. The maximum absolute atomic E-state index is 12.7. The van der Waals surface area contributed by atoms with Crippen LogP contribution in [0.3, 0.4) is 0 Å². The van der Waals surface area contributed by atoms with Crippen LogP contribution in [0.4, 0.5) is 0 Å². The number of sulfonamides is 1. The van der Waals surface area contributed by atoms with Crippen molar-refractivity contribution in [3.63, 3.8) is 0 Å². The van der Waals surface area contributed by atoms with Gasteiger partial charge >= 0.3 is 0 Å². The molecule has 0 amide bonds. The lowest BCUT2D eigenvalue weighted by atomic mass is 10.2. The van der Waals surface area contributed by atoms with E-state index in [0.717, 1.165) is 36.0 Å². The standard InChI is InChI=1S/C13H21BrN2O2S2/c1-2-3-9-16(10-11-5-4-8-15-11)20(17,18)13-7-6-12(14)19-13/h6-7,11,15H,2-5,8-10H2,1H3. The van der Waals surface area contributed by atoms with Gasteiger partial charge in [-0.1, -0.05) is 13.3 Å². The van der Waals surface area contributed by atoms with Crippen LogP contribution in [0, 0.1) is 0 Å². The molecule has 2 heterocycles. The molecule has 1 saturated heterocycles. The van der Waals surface area contributed by atoms with E-state index in [-0.39, 0.29) is 0 Å². The highest BCUT2D eigenvalue weighted by Crippen LogP contribution is 2.29. The van der Waals surface area contributed by atoms with Crippen molar-refractivity contribution < 1.29 is 8.42 Å². The van der Waals surface area contributed by atoms with Crippen molar-refractivity contribution in [1.29, 1.82) is 0 Å². The summed E-state index contributed by atoms with van der Waals surface area (Å²) in [4.78, 5) is 0. The molecule has 114 valence electrons. The molecule has 1 atom stereocenters. The fraction of sp³-hybridized carbons (Fsp3) is 0.692. The average Bonchev–Trinajstić information content (AvgIpc) is 3.05. The predicted molar refractivity (Wildman–Crippen MR) is 86.7 cm³/mol. The molecule has 4 nitrogen and oxygen atoms in total. The van der Waals surface area contributed by atoms with Gasteiger partial charge in [0.25, 0.3) is 10.0 Å². The van der Waals surface area contributed by atoms with E-state index in [0.29, 0.717) is 23.3 Å². The highest BCUT2D eigenvalue weighted by atomic mass is 79.9. The first kappa shape index (κ1) is 16.4. The Kier molecular flexibility index (Phi) is 6.04. The van der Waals surface area contributed by atoms with Gasteiger partial charge in [-0.3, -0.25) is 0 Å². The number of unbranched alkanes of at least 4 members (excludes halogenated alkanes) is 1. The average molecular weight is 381 g/mol. The van der Waals surface area contributed by atoms with Crippen molar-refractivity contribution in [2.45, 2.75) is 42.9 Å².